The summed E-state index contributed by atoms with van der Waals surface area (Å²) in [4.78, 5) is 17.2. The molecule has 38 heavy (non-hydrogen) atoms. The second kappa shape index (κ2) is 11.5. The number of hydrogen-bond acceptors (Lipinski definition) is 7. The van der Waals surface area contributed by atoms with Crippen LogP contribution in [0, 0.1) is 11.3 Å². The van der Waals surface area contributed by atoms with Crippen LogP contribution in [0.15, 0.2) is 83.4 Å². The van der Waals surface area contributed by atoms with Crippen LogP contribution in [0.2, 0.25) is 0 Å². The summed E-state index contributed by atoms with van der Waals surface area (Å²) in [6.07, 6.45) is 0.220. The van der Waals surface area contributed by atoms with E-state index in [1.807, 2.05) is 79.7 Å². The maximum Gasteiger partial charge on any atom is 0.229 e. The van der Waals surface area contributed by atoms with E-state index < -0.39 is 0 Å². The number of carbonyl (C=O) groups excluding carboxylic acids is 1. The summed E-state index contributed by atoms with van der Waals surface area (Å²) in [6, 6.07) is 25.8. The highest BCUT2D eigenvalue weighted by Gasteiger charge is 2.38. The Balaban J connectivity index is 1.36. The third-order valence-electron chi connectivity index (χ3n) is 6.63. The number of nitrogens with zero attached hydrogens (tertiary/aromatic N) is 3. The molecule has 3 aromatic carbocycles. The van der Waals surface area contributed by atoms with Crippen molar-refractivity contribution >= 4 is 23.4 Å². The van der Waals surface area contributed by atoms with Crippen LogP contribution >= 0.6 is 11.8 Å². The van der Waals surface area contributed by atoms with Crippen LogP contribution in [0.4, 0.5) is 5.69 Å². The van der Waals surface area contributed by atoms with Crippen LogP contribution in [0.25, 0.3) is 0 Å². The lowest BCUT2D eigenvalue weighted by atomic mass is 9.86. The molecule has 5 rings (SSSR count). The summed E-state index contributed by atoms with van der Waals surface area (Å²) in [7, 11) is 1.60. The molecular weight excluding hydrogens is 498 g/mol. The average Bonchev–Trinajstić information content (AvgIpc) is 2.97. The Morgan fingerprint density at radius 2 is 1.82 bits per heavy atom. The minimum atomic E-state index is -0.333. The number of amides is 1. The zero-order valence-corrected chi connectivity index (χ0v) is 22.2. The topological polar surface area (TPSA) is 75.0 Å². The van der Waals surface area contributed by atoms with Gasteiger partial charge in [0.25, 0.3) is 0 Å². The number of benzene rings is 3. The van der Waals surface area contributed by atoms with Gasteiger partial charge < -0.3 is 19.1 Å². The lowest BCUT2D eigenvalue weighted by Crippen LogP contribution is -2.47. The molecule has 1 unspecified atom stereocenters. The lowest BCUT2D eigenvalue weighted by Gasteiger charge is -2.42. The average molecular weight is 528 g/mol. The number of thioether (sulfide) groups is 1. The minimum absolute atomic E-state index is 0.00416. The van der Waals surface area contributed by atoms with Gasteiger partial charge in [-0.2, -0.15) is 5.26 Å². The summed E-state index contributed by atoms with van der Waals surface area (Å²) in [5.74, 6) is 2.31. The molecule has 1 atom stereocenters. The first-order valence-corrected chi connectivity index (χ1v) is 13.5. The van der Waals surface area contributed by atoms with Gasteiger partial charge in [0, 0.05) is 18.0 Å². The number of fused-ring (bicyclic) bond motifs is 1. The molecule has 0 bridgehead atoms. The Bertz CT molecular complexity index is 1370. The maximum atomic E-state index is 13.3. The lowest BCUT2D eigenvalue weighted by molar-refractivity contribution is -0.129. The fourth-order valence-electron chi connectivity index (χ4n) is 4.69. The number of methoxy groups -OCH3 is 1. The number of rotatable bonds is 8. The van der Waals surface area contributed by atoms with Crippen LogP contribution < -0.4 is 19.1 Å². The molecule has 1 saturated heterocycles. The predicted molar refractivity (Wildman–Crippen MR) is 148 cm³/mol. The number of allylic oxidation sites excluding steroid dienone is 1. The fourth-order valence-corrected chi connectivity index (χ4v) is 5.85. The van der Waals surface area contributed by atoms with Crippen molar-refractivity contribution in [2.24, 2.45) is 0 Å². The summed E-state index contributed by atoms with van der Waals surface area (Å²) >= 11 is 1.52. The van der Waals surface area contributed by atoms with E-state index in [2.05, 4.69) is 11.0 Å². The molecule has 0 saturated carbocycles. The third-order valence-corrected chi connectivity index (χ3v) is 7.79. The smallest absolute Gasteiger partial charge is 0.229 e. The van der Waals surface area contributed by atoms with Crippen molar-refractivity contribution in [2.45, 2.75) is 25.9 Å². The number of ether oxygens (including phenoxy) is 3. The Kier molecular flexibility index (Phi) is 7.75. The van der Waals surface area contributed by atoms with Crippen molar-refractivity contribution in [3.63, 3.8) is 0 Å². The highest BCUT2D eigenvalue weighted by molar-refractivity contribution is 8.03. The zero-order chi connectivity index (χ0) is 26.5. The van der Waals surface area contributed by atoms with Crippen LogP contribution in [-0.4, -0.2) is 37.1 Å². The molecule has 0 aromatic heterocycles. The van der Waals surface area contributed by atoms with Crippen molar-refractivity contribution in [2.75, 3.05) is 31.2 Å². The fraction of sp³-hybridized carbons (Fsp3) is 0.267. The molecule has 0 spiro atoms. The van der Waals surface area contributed by atoms with Crippen molar-refractivity contribution < 1.29 is 19.0 Å². The van der Waals surface area contributed by atoms with E-state index in [1.165, 1.54) is 11.8 Å². The van der Waals surface area contributed by atoms with Gasteiger partial charge in [-0.05, 0) is 54.4 Å². The largest absolute Gasteiger partial charge is 0.494 e. The molecule has 8 heteroatoms. The van der Waals surface area contributed by atoms with Gasteiger partial charge in [0.15, 0.2) is 11.5 Å². The summed E-state index contributed by atoms with van der Waals surface area (Å²) in [6.45, 7) is 3.39. The van der Waals surface area contributed by atoms with Gasteiger partial charge in [0.05, 0.1) is 42.9 Å². The third kappa shape index (κ3) is 5.29. The molecule has 2 heterocycles. The molecule has 0 N–H and O–H groups in total. The Morgan fingerprint density at radius 3 is 2.53 bits per heavy atom. The molecule has 7 nitrogen and oxygen atoms in total. The first-order chi connectivity index (χ1) is 18.6. The van der Waals surface area contributed by atoms with Crippen LogP contribution in [-0.2, 0) is 11.4 Å². The monoisotopic (exact) mass is 527 g/mol. The molecule has 1 fully saturated rings. The van der Waals surface area contributed by atoms with E-state index in [1.54, 1.807) is 12.0 Å². The Labute approximate surface area is 227 Å². The molecule has 3 aromatic rings. The predicted octanol–water partition coefficient (Wildman–Crippen LogP) is 5.89. The molecule has 1 amide bonds. The van der Waals surface area contributed by atoms with Gasteiger partial charge in [-0.3, -0.25) is 9.69 Å². The number of hydrogen-bond donors (Lipinski definition) is 0. The SMILES string of the molecule is CCOc1ccc(N2CSC3=C(C#N)C(c4ccc(OCc5ccccc5)c(OC)c4)CC(=O)N3C2)cc1. The van der Waals surface area contributed by atoms with E-state index in [-0.39, 0.29) is 18.2 Å². The standard InChI is InChI=1S/C30H29N3O4S/c1-3-36-24-12-10-23(11-13-24)32-19-33-29(34)16-25(26(17-31)30(33)38-20-32)22-9-14-27(28(15-22)35-2)37-18-21-7-5-4-6-8-21/h4-15,25H,3,16,18-20H2,1-2H3. The van der Waals surface area contributed by atoms with Gasteiger partial charge in [0.1, 0.15) is 12.4 Å². The maximum absolute atomic E-state index is 13.3. The molecular formula is C30H29N3O4S. The minimum Gasteiger partial charge on any atom is -0.494 e. The first kappa shape index (κ1) is 25.6. The van der Waals surface area contributed by atoms with E-state index in [9.17, 15) is 10.1 Å². The van der Waals surface area contributed by atoms with Gasteiger partial charge in [-0.25, -0.2) is 0 Å². The van der Waals surface area contributed by atoms with E-state index >= 15 is 0 Å². The van der Waals surface area contributed by atoms with E-state index in [0.717, 1.165) is 27.6 Å². The zero-order valence-electron chi connectivity index (χ0n) is 21.4. The summed E-state index contributed by atoms with van der Waals surface area (Å²) in [5, 5.41) is 10.9. The Morgan fingerprint density at radius 1 is 1.03 bits per heavy atom. The number of nitriles is 1. The van der Waals surface area contributed by atoms with E-state index in [0.29, 0.717) is 42.8 Å². The molecule has 2 aliphatic heterocycles. The van der Waals surface area contributed by atoms with Gasteiger partial charge in [-0.15, -0.1) is 0 Å². The van der Waals surface area contributed by atoms with Crippen molar-refractivity contribution in [1.82, 2.24) is 4.90 Å². The van der Waals surface area contributed by atoms with E-state index in [4.69, 9.17) is 14.2 Å². The highest BCUT2D eigenvalue weighted by Crippen LogP contribution is 2.44. The second-order valence-corrected chi connectivity index (χ2v) is 9.91. The normalized spacial score (nSPS) is 17.1. The van der Waals surface area contributed by atoms with Gasteiger partial charge >= 0.3 is 0 Å². The molecule has 0 aliphatic carbocycles. The molecule has 194 valence electrons. The van der Waals surface area contributed by atoms with Crippen molar-refractivity contribution in [3.05, 3.63) is 94.5 Å². The second-order valence-electron chi connectivity index (χ2n) is 8.98. The molecule has 2 aliphatic rings. The summed E-state index contributed by atoms with van der Waals surface area (Å²) in [5.41, 5.74) is 3.53. The van der Waals surface area contributed by atoms with Crippen molar-refractivity contribution in [1.29, 1.82) is 5.26 Å². The first-order valence-electron chi connectivity index (χ1n) is 12.5. The quantitative estimate of drug-likeness (QED) is 0.361. The van der Waals surface area contributed by atoms with Crippen LogP contribution in [0.3, 0.4) is 0 Å². The number of carbonyl (C=O) groups is 1. The molecule has 0 radical (unpaired) electrons. The van der Waals surface area contributed by atoms with Gasteiger partial charge in [-0.1, -0.05) is 48.2 Å². The highest BCUT2D eigenvalue weighted by atomic mass is 32.2. The van der Waals surface area contributed by atoms with Gasteiger partial charge in [0.2, 0.25) is 5.91 Å². The van der Waals surface area contributed by atoms with Crippen LogP contribution in [0.1, 0.15) is 30.4 Å². The van der Waals surface area contributed by atoms with Crippen LogP contribution in [0.5, 0.6) is 17.2 Å². The summed E-state index contributed by atoms with van der Waals surface area (Å²) < 4.78 is 17.2. The number of anilines is 1. The Hall–Kier alpha value is -4.09. The van der Waals surface area contributed by atoms with Crippen molar-refractivity contribution in [3.8, 4) is 23.3 Å².